The van der Waals surface area contributed by atoms with Crippen molar-refractivity contribution in [1.29, 1.82) is 5.41 Å². The van der Waals surface area contributed by atoms with Crippen molar-refractivity contribution in [1.82, 2.24) is 24.3 Å². The second kappa shape index (κ2) is 19.8. The number of allylic oxidation sites excluding steroid dienone is 1. The Morgan fingerprint density at radius 2 is 1.78 bits per heavy atom. The number of methoxy groups -OCH3 is 1. The number of halogens is 3. The van der Waals surface area contributed by atoms with Gasteiger partial charge in [-0.3, -0.25) is 14.4 Å². The number of ether oxygens (including phenoxy) is 1. The third-order valence-corrected chi connectivity index (χ3v) is 10.2. The number of likely N-dealkylation sites (N-methyl/N-ethyl adjacent to an activating group) is 2. The molecule has 55 heavy (non-hydrogen) atoms. The summed E-state index contributed by atoms with van der Waals surface area (Å²) in [7, 11) is 6.80. The van der Waals surface area contributed by atoms with Gasteiger partial charge < -0.3 is 44.7 Å². The number of nitrogens with zero attached hydrogens (tertiary/aromatic N) is 5. The molecule has 2 atom stereocenters. The summed E-state index contributed by atoms with van der Waals surface area (Å²) in [6.07, 6.45) is 4.29. The molecule has 298 valence electrons. The highest BCUT2D eigenvalue weighted by Crippen LogP contribution is 2.31. The van der Waals surface area contributed by atoms with Crippen LogP contribution in [0, 0.1) is 23.0 Å². The molecule has 0 radical (unpaired) electrons. The number of rotatable bonds is 17. The Balaban J connectivity index is 1.41. The molecular weight excluding hydrogens is 734 g/mol. The van der Waals surface area contributed by atoms with Gasteiger partial charge in [0.25, 0.3) is 11.8 Å². The number of aromatic nitrogens is 2. The zero-order chi connectivity index (χ0) is 40.4. The summed E-state index contributed by atoms with van der Waals surface area (Å²) in [6, 6.07) is 7.29. The van der Waals surface area contributed by atoms with E-state index in [-0.39, 0.29) is 68.9 Å². The molecule has 1 aromatic heterocycles. The van der Waals surface area contributed by atoms with Crippen molar-refractivity contribution in [2.75, 3.05) is 85.5 Å². The highest BCUT2D eigenvalue weighted by Gasteiger charge is 2.30. The Bertz CT molecular complexity index is 1900. The smallest absolute Gasteiger partial charge is 0.291 e. The summed E-state index contributed by atoms with van der Waals surface area (Å²) in [6.45, 7) is 7.44. The van der Waals surface area contributed by atoms with Gasteiger partial charge in [-0.15, -0.1) is 0 Å². The minimum Gasteiger partial charge on any atom is -0.391 e. The zero-order valence-electron chi connectivity index (χ0n) is 32.3. The van der Waals surface area contributed by atoms with Crippen molar-refractivity contribution in [2.24, 2.45) is 13.0 Å². The quantitative estimate of drug-likeness (QED) is 0.153. The Morgan fingerprint density at radius 1 is 1.11 bits per heavy atom. The molecule has 13 nitrogen and oxygen atoms in total. The number of piperazine rings is 1. The minimum absolute atomic E-state index is 0.0516. The van der Waals surface area contributed by atoms with Crippen molar-refractivity contribution >= 4 is 46.3 Å². The molecule has 0 saturated carbocycles. The van der Waals surface area contributed by atoms with Gasteiger partial charge in [0.1, 0.15) is 6.54 Å². The van der Waals surface area contributed by atoms with Gasteiger partial charge in [-0.25, -0.2) is 13.8 Å². The van der Waals surface area contributed by atoms with Crippen LogP contribution in [0.4, 0.5) is 14.5 Å². The molecule has 0 spiro atoms. The monoisotopic (exact) mass is 785 g/mol. The highest BCUT2D eigenvalue weighted by atomic mass is 35.5. The number of hydrogen-bond donors (Lipinski definition) is 4. The molecule has 1 saturated heterocycles. The summed E-state index contributed by atoms with van der Waals surface area (Å²) in [4.78, 5) is 50.5. The normalized spacial score (nSPS) is 14.5. The molecule has 4 N–H and O–H groups in total. The zero-order valence-corrected chi connectivity index (χ0v) is 33.1. The fraction of sp³-hybridized carbons (Fsp3) is 0.462. The Hall–Kier alpha value is -4.70. The van der Waals surface area contributed by atoms with Crippen molar-refractivity contribution in [3.63, 3.8) is 0 Å². The lowest BCUT2D eigenvalue weighted by Crippen LogP contribution is -3.09. The number of nitrogens with one attached hydrogen (secondary N) is 3. The third-order valence-electron chi connectivity index (χ3n) is 9.88. The first kappa shape index (κ1) is 43.0. The topological polar surface area (TPSA) is 149 Å². The molecule has 1 fully saturated rings. The molecule has 0 bridgehead atoms. The van der Waals surface area contributed by atoms with E-state index in [0.717, 1.165) is 19.4 Å². The maximum atomic E-state index is 15.6. The number of quaternary nitrogens is 1. The molecular formula is C39H52ClF2N8O5+. The average molecular weight is 786 g/mol. The number of imidazole rings is 1. The van der Waals surface area contributed by atoms with E-state index < -0.39 is 17.5 Å². The van der Waals surface area contributed by atoms with E-state index in [2.05, 4.69) is 10.3 Å². The lowest BCUT2D eigenvalue weighted by atomic mass is 9.99. The Kier molecular flexibility index (Phi) is 15.5. The first-order valence-electron chi connectivity index (χ1n) is 18.3. The van der Waals surface area contributed by atoms with Crippen LogP contribution in [-0.2, 0) is 16.6 Å². The minimum atomic E-state index is -1.15. The lowest BCUT2D eigenvalue weighted by molar-refractivity contribution is -0.880. The van der Waals surface area contributed by atoms with Crippen LogP contribution in [0.2, 0.25) is 5.02 Å². The SMILES string of the molecule is CCC(CC[NH+](C)CCO)C(=O)N1CCN(C(=O)c2ccc(NC(=O)c3ncc(-c4ccc(/C(=C/N(C)CCOC)C(C)=N)c(F)c4F)n3C)cc2Cl)CC1. The number of aliphatic hydroxyl groups is 1. The number of carbonyl (C=O) groups is 3. The second-order valence-corrected chi connectivity index (χ2v) is 14.2. The van der Waals surface area contributed by atoms with E-state index in [4.69, 9.17) is 26.9 Å². The van der Waals surface area contributed by atoms with E-state index >= 15 is 8.78 Å². The van der Waals surface area contributed by atoms with Crippen LogP contribution in [-0.4, -0.2) is 133 Å². The molecule has 2 heterocycles. The molecule has 16 heteroatoms. The first-order valence-corrected chi connectivity index (χ1v) is 18.7. The van der Waals surface area contributed by atoms with Crippen LogP contribution in [0.3, 0.4) is 0 Å². The van der Waals surface area contributed by atoms with Crippen LogP contribution < -0.4 is 10.2 Å². The summed E-state index contributed by atoms with van der Waals surface area (Å²) in [5.74, 6) is -3.33. The predicted octanol–water partition coefficient (Wildman–Crippen LogP) is 3.44. The van der Waals surface area contributed by atoms with Crippen LogP contribution in [0.1, 0.15) is 53.2 Å². The van der Waals surface area contributed by atoms with Gasteiger partial charge in [-0.1, -0.05) is 24.6 Å². The van der Waals surface area contributed by atoms with E-state index in [9.17, 15) is 14.4 Å². The number of carbonyl (C=O) groups excluding carboxylic acids is 3. The maximum Gasteiger partial charge on any atom is 0.291 e. The van der Waals surface area contributed by atoms with E-state index in [1.807, 2.05) is 14.0 Å². The average Bonchev–Trinajstić information content (AvgIpc) is 3.55. The van der Waals surface area contributed by atoms with E-state index in [0.29, 0.717) is 51.6 Å². The van der Waals surface area contributed by atoms with Crippen molar-refractivity contribution in [3.8, 4) is 11.3 Å². The highest BCUT2D eigenvalue weighted by molar-refractivity contribution is 6.34. The fourth-order valence-corrected chi connectivity index (χ4v) is 6.73. The van der Waals surface area contributed by atoms with Gasteiger partial charge in [0.2, 0.25) is 5.91 Å². The number of amides is 3. The fourth-order valence-electron chi connectivity index (χ4n) is 6.47. The van der Waals surface area contributed by atoms with Gasteiger partial charge in [0.15, 0.2) is 17.5 Å². The number of aliphatic hydroxyl groups excluding tert-OH is 1. The van der Waals surface area contributed by atoms with Gasteiger partial charge in [0.05, 0.1) is 49.3 Å². The second-order valence-electron chi connectivity index (χ2n) is 13.8. The largest absolute Gasteiger partial charge is 0.391 e. The molecule has 1 aliphatic heterocycles. The number of anilines is 1. The van der Waals surface area contributed by atoms with Crippen LogP contribution in [0.25, 0.3) is 16.8 Å². The molecule has 2 aromatic carbocycles. The maximum absolute atomic E-state index is 15.6. The van der Waals surface area contributed by atoms with Crippen molar-refractivity contribution in [3.05, 3.63) is 76.3 Å². The van der Waals surface area contributed by atoms with Gasteiger partial charge in [-0.2, -0.15) is 0 Å². The molecule has 3 aromatic rings. The molecule has 3 amide bonds. The standard InChI is InChI=1S/C39H51ClF2N8O5/c1-7-26(12-13-46(3)18-20-51)38(53)49-14-16-50(17-15-49)39(54)29-9-8-27(22-32(29)40)45-37(52)36-44-23-33(48(36)5)30-11-10-28(34(41)35(30)42)31(25(2)43)24-47(4)19-21-55-6/h8-11,22-24,26,43,51H,7,12-21H2,1-6H3,(H,45,52)/p+1/b31-24+,43-25?. The summed E-state index contributed by atoms with van der Waals surface area (Å²) >= 11 is 6.54. The van der Waals surface area contributed by atoms with Gasteiger partial charge in [0, 0.05) is 101 Å². The molecule has 1 aliphatic rings. The summed E-state index contributed by atoms with van der Waals surface area (Å²) < 4.78 is 37.5. The van der Waals surface area contributed by atoms with Crippen molar-refractivity contribution < 1.29 is 37.9 Å². The molecule has 4 rings (SSSR count). The molecule has 0 aliphatic carbocycles. The predicted molar refractivity (Wildman–Crippen MR) is 208 cm³/mol. The molecule has 2 unspecified atom stereocenters. The third kappa shape index (κ3) is 10.5. The summed E-state index contributed by atoms with van der Waals surface area (Å²) in [5.41, 5.74) is 0.764. The van der Waals surface area contributed by atoms with Gasteiger partial charge in [-0.05, 0) is 37.6 Å². The number of benzene rings is 2. The first-order chi connectivity index (χ1) is 26.2. The van der Waals surface area contributed by atoms with Crippen LogP contribution in [0.15, 0.2) is 42.7 Å². The summed E-state index contributed by atoms with van der Waals surface area (Å²) in [5, 5.41) is 20.1. The van der Waals surface area contributed by atoms with E-state index in [1.165, 1.54) is 53.9 Å². The van der Waals surface area contributed by atoms with Crippen LogP contribution >= 0.6 is 11.6 Å². The Labute approximate surface area is 326 Å². The Morgan fingerprint density at radius 3 is 2.40 bits per heavy atom. The van der Waals surface area contributed by atoms with Crippen molar-refractivity contribution in [2.45, 2.75) is 26.7 Å². The van der Waals surface area contributed by atoms with Crippen LogP contribution in [0.5, 0.6) is 0 Å². The number of hydrogen-bond acceptors (Lipinski definition) is 8. The van der Waals surface area contributed by atoms with E-state index in [1.54, 1.807) is 41.1 Å². The lowest BCUT2D eigenvalue weighted by Gasteiger charge is -2.36. The van der Waals surface area contributed by atoms with Gasteiger partial charge >= 0.3 is 0 Å².